The fourth-order valence-corrected chi connectivity index (χ4v) is 2.72. The third kappa shape index (κ3) is 3.73. The summed E-state index contributed by atoms with van der Waals surface area (Å²) in [6, 6.07) is 5.96. The SMILES string of the molecule is COC(=O)C1CCN(Cc2nc(-c3ccc(F)cc3)no2)CC1. The van der Waals surface area contributed by atoms with E-state index < -0.39 is 0 Å². The molecule has 6 nitrogen and oxygen atoms in total. The zero-order valence-corrected chi connectivity index (χ0v) is 12.9. The molecule has 0 bridgehead atoms. The van der Waals surface area contributed by atoms with E-state index in [1.807, 2.05) is 0 Å². The third-order valence-corrected chi connectivity index (χ3v) is 4.05. The molecule has 7 heteroatoms. The monoisotopic (exact) mass is 319 g/mol. The van der Waals surface area contributed by atoms with Gasteiger partial charge in [0.05, 0.1) is 19.6 Å². The number of benzene rings is 1. The van der Waals surface area contributed by atoms with Gasteiger partial charge < -0.3 is 9.26 Å². The maximum atomic E-state index is 12.9. The van der Waals surface area contributed by atoms with Crippen molar-refractivity contribution in [3.63, 3.8) is 0 Å². The molecule has 2 aromatic rings. The van der Waals surface area contributed by atoms with Gasteiger partial charge in [-0.05, 0) is 50.2 Å². The lowest BCUT2D eigenvalue weighted by atomic mass is 9.97. The van der Waals surface area contributed by atoms with Gasteiger partial charge in [-0.15, -0.1) is 0 Å². The Morgan fingerprint density at radius 2 is 2.04 bits per heavy atom. The van der Waals surface area contributed by atoms with Crippen molar-refractivity contribution in [2.75, 3.05) is 20.2 Å². The molecule has 0 unspecified atom stereocenters. The smallest absolute Gasteiger partial charge is 0.308 e. The second-order valence-corrected chi connectivity index (χ2v) is 5.59. The molecule has 0 atom stereocenters. The van der Waals surface area contributed by atoms with E-state index in [1.54, 1.807) is 12.1 Å². The third-order valence-electron chi connectivity index (χ3n) is 4.05. The molecule has 2 heterocycles. The summed E-state index contributed by atoms with van der Waals surface area (Å²) in [5, 5.41) is 3.93. The lowest BCUT2D eigenvalue weighted by Crippen LogP contribution is -2.36. The van der Waals surface area contributed by atoms with Crippen LogP contribution >= 0.6 is 0 Å². The topological polar surface area (TPSA) is 68.5 Å². The summed E-state index contributed by atoms with van der Waals surface area (Å²) in [4.78, 5) is 18.0. The number of esters is 1. The van der Waals surface area contributed by atoms with Gasteiger partial charge in [0.1, 0.15) is 5.82 Å². The van der Waals surface area contributed by atoms with Crippen molar-refractivity contribution < 1.29 is 18.4 Å². The van der Waals surface area contributed by atoms with Crippen LogP contribution in [-0.4, -0.2) is 41.2 Å². The minimum Gasteiger partial charge on any atom is -0.469 e. The first kappa shape index (κ1) is 15.6. The highest BCUT2D eigenvalue weighted by Gasteiger charge is 2.26. The first-order chi connectivity index (χ1) is 11.2. The number of hydrogen-bond acceptors (Lipinski definition) is 6. The van der Waals surface area contributed by atoms with Crippen LogP contribution in [0.2, 0.25) is 0 Å². The molecule has 0 aliphatic carbocycles. The van der Waals surface area contributed by atoms with Gasteiger partial charge in [-0.25, -0.2) is 4.39 Å². The van der Waals surface area contributed by atoms with Crippen molar-refractivity contribution in [2.24, 2.45) is 5.92 Å². The summed E-state index contributed by atoms with van der Waals surface area (Å²) in [6.45, 7) is 2.12. The lowest BCUT2D eigenvalue weighted by Gasteiger charge is -2.29. The van der Waals surface area contributed by atoms with Crippen LogP contribution < -0.4 is 0 Å². The van der Waals surface area contributed by atoms with Gasteiger partial charge in [0.15, 0.2) is 0 Å². The van der Waals surface area contributed by atoms with E-state index in [2.05, 4.69) is 15.0 Å². The normalized spacial score (nSPS) is 16.4. The van der Waals surface area contributed by atoms with Gasteiger partial charge in [-0.3, -0.25) is 9.69 Å². The highest BCUT2D eigenvalue weighted by Crippen LogP contribution is 2.21. The number of halogens is 1. The Labute approximate surface area is 133 Å². The molecule has 0 amide bonds. The highest BCUT2D eigenvalue weighted by molar-refractivity contribution is 5.72. The van der Waals surface area contributed by atoms with Crippen molar-refractivity contribution in [1.82, 2.24) is 15.0 Å². The van der Waals surface area contributed by atoms with Crippen molar-refractivity contribution in [1.29, 1.82) is 0 Å². The number of aromatic nitrogens is 2. The second-order valence-electron chi connectivity index (χ2n) is 5.59. The molecule has 0 radical (unpaired) electrons. The van der Waals surface area contributed by atoms with Crippen molar-refractivity contribution >= 4 is 5.97 Å². The number of carbonyl (C=O) groups excluding carboxylic acids is 1. The van der Waals surface area contributed by atoms with E-state index in [-0.39, 0.29) is 17.7 Å². The van der Waals surface area contributed by atoms with Crippen LogP contribution in [0, 0.1) is 11.7 Å². The van der Waals surface area contributed by atoms with E-state index in [9.17, 15) is 9.18 Å². The molecule has 3 rings (SSSR count). The molecule has 122 valence electrons. The Kier molecular flexibility index (Phi) is 4.66. The van der Waals surface area contributed by atoms with Crippen molar-refractivity contribution in [3.8, 4) is 11.4 Å². The average Bonchev–Trinajstić information content (AvgIpc) is 3.04. The second kappa shape index (κ2) is 6.87. The maximum Gasteiger partial charge on any atom is 0.308 e. The Morgan fingerprint density at radius 1 is 1.35 bits per heavy atom. The number of hydrogen-bond donors (Lipinski definition) is 0. The maximum absolute atomic E-state index is 12.9. The minimum atomic E-state index is -0.300. The van der Waals surface area contributed by atoms with Crippen molar-refractivity contribution in [3.05, 3.63) is 36.0 Å². The molecular weight excluding hydrogens is 301 g/mol. The van der Waals surface area contributed by atoms with Gasteiger partial charge in [0.2, 0.25) is 11.7 Å². The quantitative estimate of drug-likeness (QED) is 0.805. The van der Waals surface area contributed by atoms with E-state index in [0.29, 0.717) is 23.8 Å². The molecule has 1 aliphatic rings. The van der Waals surface area contributed by atoms with Gasteiger partial charge >= 0.3 is 5.97 Å². The first-order valence-corrected chi connectivity index (χ1v) is 7.54. The largest absolute Gasteiger partial charge is 0.469 e. The molecule has 1 aromatic heterocycles. The van der Waals surface area contributed by atoms with Gasteiger partial charge in [-0.2, -0.15) is 4.98 Å². The molecule has 1 aliphatic heterocycles. The van der Waals surface area contributed by atoms with E-state index in [4.69, 9.17) is 9.26 Å². The number of ether oxygens (including phenoxy) is 1. The fourth-order valence-electron chi connectivity index (χ4n) is 2.72. The summed E-state index contributed by atoms with van der Waals surface area (Å²) < 4.78 is 23.0. The summed E-state index contributed by atoms with van der Waals surface area (Å²) >= 11 is 0. The average molecular weight is 319 g/mol. The van der Waals surface area contributed by atoms with Crippen LogP contribution in [0.15, 0.2) is 28.8 Å². The van der Waals surface area contributed by atoms with Crippen LogP contribution in [0.25, 0.3) is 11.4 Å². The van der Waals surface area contributed by atoms with Crippen LogP contribution in [0.4, 0.5) is 4.39 Å². The Hall–Kier alpha value is -2.28. The number of likely N-dealkylation sites (tertiary alicyclic amines) is 1. The zero-order chi connectivity index (χ0) is 16.2. The van der Waals surface area contributed by atoms with E-state index in [0.717, 1.165) is 25.9 Å². The Bertz CT molecular complexity index is 663. The zero-order valence-electron chi connectivity index (χ0n) is 12.9. The molecule has 1 fully saturated rings. The minimum absolute atomic E-state index is 0.0197. The predicted molar refractivity (Wildman–Crippen MR) is 79.7 cm³/mol. The van der Waals surface area contributed by atoms with Crippen LogP contribution in [0.1, 0.15) is 18.7 Å². The number of carbonyl (C=O) groups is 1. The lowest BCUT2D eigenvalue weighted by molar-refractivity contribution is -0.147. The van der Waals surface area contributed by atoms with Gasteiger partial charge in [0.25, 0.3) is 0 Å². The summed E-state index contributed by atoms with van der Waals surface area (Å²) in [7, 11) is 1.42. The molecule has 1 saturated heterocycles. The van der Waals surface area contributed by atoms with Crippen LogP contribution in [0.3, 0.4) is 0 Å². The fraction of sp³-hybridized carbons (Fsp3) is 0.438. The highest BCUT2D eigenvalue weighted by atomic mass is 19.1. The van der Waals surface area contributed by atoms with Crippen LogP contribution in [-0.2, 0) is 16.1 Å². The molecular formula is C16H18FN3O3. The van der Waals surface area contributed by atoms with E-state index >= 15 is 0 Å². The molecule has 0 spiro atoms. The predicted octanol–water partition coefficient (Wildman–Crippen LogP) is 2.26. The summed E-state index contributed by atoms with van der Waals surface area (Å²) in [6.07, 6.45) is 1.54. The standard InChI is InChI=1S/C16H18FN3O3/c1-22-16(21)12-6-8-20(9-7-12)10-14-18-15(19-23-14)11-2-4-13(17)5-3-11/h2-5,12H,6-10H2,1H3. The Morgan fingerprint density at radius 3 is 2.70 bits per heavy atom. The van der Waals surface area contributed by atoms with E-state index in [1.165, 1.54) is 19.2 Å². The van der Waals surface area contributed by atoms with Gasteiger partial charge in [0, 0.05) is 5.56 Å². The number of rotatable bonds is 4. The van der Waals surface area contributed by atoms with Crippen molar-refractivity contribution in [2.45, 2.75) is 19.4 Å². The van der Waals surface area contributed by atoms with Gasteiger partial charge in [-0.1, -0.05) is 5.16 Å². The summed E-state index contributed by atoms with van der Waals surface area (Å²) in [5.74, 6) is 0.506. The Balaban J connectivity index is 1.58. The molecule has 0 saturated carbocycles. The summed E-state index contributed by atoms with van der Waals surface area (Å²) in [5.41, 5.74) is 0.714. The molecule has 0 N–H and O–H groups in total. The molecule has 1 aromatic carbocycles. The molecule has 23 heavy (non-hydrogen) atoms. The number of piperidine rings is 1. The number of methoxy groups -OCH3 is 1. The number of nitrogens with zero attached hydrogens (tertiary/aromatic N) is 3. The first-order valence-electron chi connectivity index (χ1n) is 7.54. The van der Waals surface area contributed by atoms with Crippen LogP contribution in [0.5, 0.6) is 0 Å².